The van der Waals surface area contributed by atoms with Gasteiger partial charge in [0.25, 0.3) is 0 Å². The van der Waals surface area contributed by atoms with Gasteiger partial charge in [0.15, 0.2) is 0 Å². The molecule has 4 atom stereocenters. The molecule has 0 saturated heterocycles. The lowest BCUT2D eigenvalue weighted by atomic mass is 9.54. The van der Waals surface area contributed by atoms with Crippen LogP contribution in [0.5, 0.6) is 0 Å². The van der Waals surface area contributed by atoms with E-state index in [2.05, 4.69) is 5.32 Å². The maximum Gasteiger partial charge on any atom is 0.308 e. The normalized spacial score (nSPS) is 31.0. The summed E-state index contributed by atoms with van der Waals surface area (Å²) in [5.74, 6) is -1.91. The van der Waals surface area contributed by atoms with Crippen molar-refractivity contribution >= 4 is 11.9 Å². The van der Waals surface area contributed by atoms with Crippen molar-refractivity contribution < 1.29 is 19.4 Å². The van der Waals surface area contributed by atoms with Gasteiger partial charge in [0, 0.05) is 24.5 Å². The third kappa shape index (κ3) is 2.67. The van der Waals surface area contributed by atoms with Gasteiger partial charge in [0.05, 0.1) is 12.0 Å². The first-order valence-electron chi connectivity index (χ1n) is 7.02. The summed E-state index contributed by atoms with van der Waals surface area (Å²) >= 11 is 0. The zero-order valence-electron chi connectivity index (χ0n) is 12.9. The Bertz CT molecular complexity index is 397. The Balaban J connectivity index is 2.71. The van der Waals surface area contributed by atoms with E-state index in [1.165, 1.54) is 0 Å². The van der Waals surface area contributed by atoms with E-state index in [1.807, 2.05) is 20.8 Å². The van der Waals surface area contributed by atoms with Crippen LogP contribution in [-0.2, 0) is 14.3 Å². The number of hydrogen-bond donors (Lipinski definition) is 3. The molecule has 0 radical (unpaired) electrons. The van der Waals surface area contributed by atoms with Crippen LogP contribution in [-0.4, -0.2) is 41.3 Å². The zero-order valence-corrected chi connectivity index (χ0v) is 12.9. The monoisotopic (exact) mass is 286 g/mol. The quantitative estimate of drug-likeness (QED) is 0.668. The Hall–Kier alpha value is -1.14. The van der Waals surface area contributed by atoms with Gasteiger partial charge >= 0.3 is 5.97 Å². The van der Waals surface area contributed by atoms with Gasteiger partial charge in [0.1, 0.15) is 5.54 Å². The van der Waals surface area contributed by atoms with Gasteiger partial charge in [-0.3, -0.25) is 9.59 Å². The third-order valence-corrected chi connectivity index (χ3v) is 4.73. The van der Waals surface area contributed by atoms with Crippen molar-refractivity contribution in [1.82, 2.24) is 5.32 Å². The first kappa shape index (κ1) is 16.9. The molecule has 20 heavy (non-hydrogen) atoms. The van der Waals surface area contributed by atoms with E-state index in [1.54, 1.807) is 13.8 Å². The van der Waals surface area contributed by atoms with Gasteiger partial charge in [0.2, 0.25) is 5.91 Å². The summed E-state index contributed by atoms with van der Waals surface area (Å²) in [6, 6.07) is -0.470. The van der Waals surface area contributed by atoms with Gasteiger partial charge in [-0.1, -0.05) is 13.8 Å². The standard InChI is InChI=1S/C14H26N2O4/c1-6-20-10-7-14(15,13(10,4)5)12(19)16-9(3)8(2)11(17)18/h8-10H,6-7,15H2,1-5H3,(H,16,19)(H,17,18). The summed E-state index contributed by atoms with van der Waals surface area (Å²) in [6.07, 6.45) is 0.406. The lowest BCUT2D eigenvalue weighted by Crippen LogP contribution is -2.76. The molecule has 0 aromatic heterocycles. The van der Waals surface area contributed by atoms with Crippen LogP contribution >= 0.6 is 0 Å². The Kier molecular flexibility index (Phi) is 4.82. The molecule has 1 aliphatic carbocycles. The molecule has 1 aliphatic rings. The zero-order chi connectivity index (χ0) is 15.7. The molecule has 4 unspecified atom stereocenters. The summed E-state index contributed by atoms with van der Waals surface area (Å²) in [6.45, 7) is 9.53. The summed E-state index contributed by atoms with van der Waals surface area (Å²) in [4.78, 5) is 23.3. The molecule has 1 amide bonds. The number of nitrogens with two attached hydrogens (primary N) is 1. The van der Waals surface area contributed by atoms with Crippen LogP contribution in [0.2, 0.25) is 0 Å². The minimum absolute atomic E-state index is 0.0459. The van der Waals surface area contributed by atoms with E-state index >= 15 is 0 Å². The Morgan fingerprint density at radius 3 is 2.40 bits per heavy atom. The van der Waals surface area contributed by atoms with Crippen molar-refractivity contribution in [3.63, 3.8) is 0 Å². The summed E-state index contributed by atoms with van der Waals surface area (Å²) < 4.78 is 5.58. The molecule has 0 aliphatic heterocycles. The topological polar surface area (TPSA) is 102 Å². The van der Waals surface area contributed by atoms with E-state index in [-0.39, 0.29) is 12.0 Å². The molecule has 1 saturated carbocycles. The average Bonchev–Trinajstić information content (AvgIpc) is 2.36. The molecular weight excluding hydrogens is 260 g/mol. The molecule has 116 valence electrons. The van der Waals surface area contributed by atoms with Crippen molar-refractivity contribution in [2.24, 2.45) is 17.1 Å². The number of rotatable bonds is 6. The number of carbonyl (C=O) groups excluding carboxylic acids is 1. The number of nitrogens with one attached hydrogen (secondary N) is 1. The van der Waals surface area contributed by atoms with Crippen LogP contribution in [0.25, 0.3) is 0 Å². The van der Waals surface area contributed by atoms with Crippen LogP contribution < -0.4 is 11.1 Å². The van der Waals surface area contributed by atoms with E-state index in [0.717, 1.165) is 0 Å². The smallest absolute Gasteiger partial charge is 0.308 e. The first-order chi connectivity index (χ1) is 9.07. The molecule has 1 rings (SSSR count). The lowest BCUT2D eigenvalue weighted by Gasteiger charge is -2.57. The van der Waals surface area contributed by atoms with Gasteiger partial charge < -0.3 is 20.9 Å². The molecule has 6 heteroatoms. The van der Waals surface area contributed by atoms with Crippen LogP contribution in [0.15, 0.2) is 0 Å². The highest BCUT2D eigenvalue weighted by Gasteiger charge is 2.63. The molecule has 0 heterocycles. The Morgan fingerprint density at radius 2 is 2.00 bits per heavy atom. The van der Waals surface area contributed by atoms with E-state index in [4.69, 9.17) is 15.6 Å². The number of amides is 1. The number of carboxylic acid groups (broad SMARTS) is 1. The lowest BCUT2D eigenvalue weighted by molar-refractivity contribution is -0.171. The van der Waals surface area contributed by atoms with Gasteiger partial charge in [-0.15, -0.1) is 0 Å². The van der Waals surface area contributed by atoms with Crippen LogP contribution in [0.3, 0.4) is 0 Å². The second-order valence-electron chi connectivity index (χ2n) is 6.23. The summed E-state index contributed by atoms with van der Waals surface area (Å²) in [7, 11) is 0. The molecule has 6 nitrogen and oxygen atoms in total. The minimum Gasteiger partial charge on any atom is -0.481 e. The van der Waals surface area contributed by atoms with Crippen molar-refractivity contribution in [1.29, 1.82) is 0 Å². The average molecular weight is 286 g/mol. The first-order valence-corrected chi connectivity index (χ1v) is 7.02. The fraction of sp³-hybridized carbons (Fsp3) is 0.857. The number of carboxylic acids is 1. The largest absolute Gasteiger partial charge is 0.481 e. The van der Waals surface area contributed by atoms with Gasteiger partial charge in [-0.2, -0.15) is 0 Å². The Labute approximate surface area is 120 Å². The molecular formula is C14H26N2O4. The fourth-order valence-electron chi connectivity index (χ4n) is 2.49. The number of carbonyl (C=O) groups is 2. The number of aliphatic carboxylic acids is 1. The summed E-state index contributed by atoms with van der Waals surface area (Å²) in [5.41, 5.74) is 4.74. The minimum atomic E-state index is -1.01. The highest BCUT2D eigenvalue weighted by molar-refractivity contribution is 5.89. The predicted molar refractivity (Wildman–Crippen MR) is 75.1 cm³/mol. The predicted octanol–water partition coefficient (Wildman–Crippen LogP) is 0.744. The third-order valence-electron chi connectivity index (χ3n) is 4.73. The molecule has 0 aromatic rings. The molecule has 4 N–H and O–H groups in total. The van der Waals surface area contributed by atoms with Gasteiger partial charge in [-0.25, -0.2) is 0 Å². The van der Waals surface area contributed by atoms with Gasteiger partial charge in [-0.05, 0) is 20.8 Å². The van der Waals surface area contributed by atoms with Crippen molar-refractivity contribution in [3.05, 3.63) is 0 Å². The van der Waals surface area contributed by atoms with Crippen molar-refractivity contribution in [2.75, 3.05) is 6.61 Å². The summed E-state index contributed by atoms with van der Waals surface area (Å²) in [5, 5.41) is 11.7. The van der Waals surface area contributed by atoms with Crippen LogP contribution in [0.1, 0.15) is 41.0 Å². The van der Waals surface area contributed by atoms with E-state index in [0.29, 0.717) is 13.0 Å². The van der Waals surface area contributed by atoms with E-state index < -0.39 is 28.9 Å². The van der Waals surface area contributed by atoms with Crippen LogP contribution in [0.4, 0.5) is 0 Å². The van der Waals surface area contributed by atoms with E-state index in [9.17, 15) is 9.59 Å². The second-order valence-corrected chi connectivity index (χ2v) is 6.23. The highest BCUT2D eigenvalue weighted by Crippen LogP contribution is 2.49. The second kappa shape index (κ2) is 5.69. The molecule has 0 spiro atoms. The Morgan fingerprint density at radius 1 is 1.45 bits per heavy atom. The fourth-order valence-corrected chi connectivity index (χ4v) is 2.49. The number of hydrogen-bond acceptors (Lipinski definition) is 4. The molecule has 0 aromatic carbocycles. The van der Waals surface area contributed by atoms with Crippen molar-refractivity contribution in [3.8, 4) is 0 Å². The SMILES string of the molecule is CCOC1CC(N)(C(=O)NC(C)C(C)C(=O)O)C1(C)C. The van der Waals surface area contributed by atoms with Crippen LogP contribution in [0, 0.1) is 11.3 Å². The highest BCUT2D eigenvalue weighted by atomic mass is 16.5. The maximum absolute atomic E-state index is 12.4. The maximum atomic E-state index is 12.4. The number of ether oxygens (including phenoxy) is 1. The van der Waals surface area contributed by atoms with Crippen molar-refractivity contribution in [2.45, 2.75) is 58.7 Å². The molecule has 1 fully saturated rings. The molecule has 0 bridgehead atoms.